The number of hydrogen-bond acceptors (Lipinski definition) is 8. The number of β-amino-alcohol motifs (C(OH)–C–C–N with tert-alkyl or cyclic N) is 1. The van der Waals surface area contributed by atoms with Gasteiger partial charge in [-0.2, -0.15) is 17.6 Å². The van der Waals surface area contributed by atoms with Crippen LogP contribution >= 0.6 is 0 Å². The molecule has 1 aliphatic heterocycles. The number of aliphatic hydroxyl groups excluding tert-OH is 1. The number of nitrogens with zero attached hydrogens (tertiary/aromatic N) is 4. The molecular weight excluding hydrogens is 472 g/mol. The summed E-state index contributed by atoms with van der Waals surface area (Å²) in [6.07, 6.45) is -4.41. The summed E-state index contributed by atoms with van der Waals surface area (Å²) in [5.74, 6) is -1.60. The van der Waals surface area contributed by atoms with Gasteiger partial charge in [0.2, 0.25) is 11.7 Å². The van der Waals surface area contributed by atoms with E-state index in [1.807, 2.05) is 0 Å². The van der Waals surface area contributed by atoms with E-state index < -0.39 is 35.2 Å². The number of halogens is 4. The summed E-state index contributed by atoms with van der Waals surface area (Å²) in [6.45, 7) is 2.25. The molecule has 1 aliphatic rings. The predicted octanol–water partition coefficient (Wildman–Crippen LogP) is 1.36. The van der Waals surface area contributed by atoms with E-state index in [0.29, 0.717) is 18.7 Å². The van der Waals surface area contributed by atoms with Crippen LogP contribution < -0.4 is 16.0 Å². The van der Waals surface area contributed by atoms with Crippen LogP contribution in [0.3, 0.4) is 0 Å². The number of anilines is 2. The standard InChI is InChI=1S/C22H28F4N6O3/c1-2-32(9-14-3-5-15(6-4-14)22(24,25)26)20-18(23)19(29-13-30-20)28-12-21(35)7-8-31(10-16(21)33)11-17(27)34/h3-6,13,16,33,35H,2,7-12H2,1H3,(H2,27,34)(H,28,29,30)/t16-,21-/m0/s1. The van der Waals surface area contributed by atoms with Crippen molar-refractivity contribution >= 4 is 17.5 Å². The molecule has 192 valence electrons. The van der Waals surface area contributed by atoms with Gasteiger partial charge in [0.15, 0.2) is 11.6 Å². The van der Waals surface area contributed by atoms with Gasteiger partial charge in [0.25, 0.3) is 0 Å². The zero-order valence-corrected chi connectivity index (χ0v) is 19.1. The minimum absolute atomic E-state index is 0.0232. The number of nitrogens with one attached hydrogen (secondary N) is 1. The van der Waals surface area contributed by atoms with E-state index in [1.54, 1.807) is 11.8 Å². The molecule has 1 aromatic carbocycles. The number of aromatic nitrogens is 2. The number of alkyl halides is 3. The Morgan fingerprint density at radius 3 is 2.57 bits per heavy atom. The Kier molecular flexibility index (Phi) is 8.13. The van der Waals surface area contributed by atoms with Crippen molar-refractivity contribution < 1.29 is 32.6 Å². The molecule has 0 spiro atoms. The van der Waals surface area contributed by atoms with Crippen molar-refractivity contribution in [3.63, 3.8) is 0 Å². The van der Waals surface area contributed by atoms with Crippen LogP contribution in [0.2, 0.25) is 0 Å². The first-order valence-corrected chi connectivity index (χ1v) is 11.0. The van der Waals surface area contributed by atoms with Crippen LogP contribution in [0.4, 0.5) is 29.2 Å². The van der Waals surface area contributed by atoms with Gasteiger partial charge in [-0.15, -0.1) is 0 Å². The number of hydrogen-bond donors (Lipinski definition) is 4. The largest absolute Gasteiger partial charge is 0.416 e. The van der Waals surface area contributed by atoms with Crippen molar-refractivity contribution in [2.75, 3.05) is 42.9 Å². The second-order valence-corrected chi connectivity index (χ2v) is 8.49. The molecule has 5 N–H and O–H groups in total. The molecular formula is C22H28F4N6O3. The van der Waals surface area contributed by atoms with Gasteiger partial charge in [0.1, 0.15) is 11.9 Å². The summed E-state index contributed by atoms with van der Waals surface area (Å²) in [5.41, 5.74) is 3.34. The van der Waals surface area contributed by atoms with E-state index in [4.69, 9.17) is 5.73 Å². The molecule has 0 bridgehead atoms. The predicted molar refractivity (Wildman–Crippen MR) is 120 cm³/mol. The third-order valence-electron chi connectivity index (χ3n) is 5.96. The molecule has 0 unspecified atom stereocenters. The van der Waals surface area contributed by atoms with Crippen molar-refractivity contribution in [3.05, 3.63) is 47.5 Å². The lowest BCUT2D eigenvalue weighted by atomic mass is 9.88. The lowest BCUT2D eigenvalue weighted by Gasteiger charge is -2.41. The first kappa shape index (κ1) is 26.6. The van der Waals surface area contributed by atoms with Gasteiger partial charge in [-0.05, 0) is 31.0 Å². The topological polar surface area (TPSA) is 128 Å². The first-order valence-electron chi connectivity index (χ1n) is 11.0. The molecule has 1 aromatic heterocycles. The molecule has 35 heavy (non-hydrogen) atoms. The fourth-order valence-corrected chi connectivity index (χ4v) is 3.89. The molecule has 2 heterocycles. The van der Waals surface area contributed by atoms with Crippen LogP contribution in [-0.4, -0.2) is 75.4 Å². The van der Waals surface area contributed by atoms with Crippen LogP contribution in [0.5, 0.6) is 0 Å². The molecule has 1 amide bonds. The molecule has 0 radical (unpaired) electrons. The number of benzene rings is 1. The second-order valence-electron chi connectivity index (χ2n) is 8.49. The summed E-state index contributed by atoms with van der Waals surface area (Å²) < 4.78 is 53.6. The number of carbonyl (C=O) groups excluding carboxylic acids is 1. The van der Waals surface area contributed by atoms with Gasteiger partial charge in [-0.25, -0.2) is 9.97 Å². The number of primary amides is 1. The van der Waals surface area contributed by atoms with Gasteiger partial charge in [0.05, 0.1) is 18.2 Å². The highest BCUT2D eigenvalue weighted by molar-refractivity contribution is 5.75. The Morgan fingerprint density at radius 2 is 2.00 bits per heavy atom. The Balaban J connectivity index is 1.69. The van der Waals surface area contributed by atoms with Crippen molar-refractivity contribution in [2.24, 2.45) is 5.73 Å². The molecule has 0 aliphatic carbocycles. The minimum atomic E-state index is -4.45. The second kappa shape index (κ2) is 10.7. The highest BCUT2D eigenvalue weighted by Gasteiger charge is 2.41. The summed E-state index contributed by atoms with van der Waals surface area (Å²) in [4.78, 5) is 22.1. The van der Waals surface area contributed by atoms with E-state index in [2.05, 4.69) is 15.3 Å². The lowest BCUT2D eigenvalue weighted by Crippen LogP contribution is -2.59. The van der Waals surface area contributed by atoms with Crippen LogP contribution in [0.1, 0.15) is 24.5 Å². The number of likely N-dealkylation sites (tertiary alicyclic amines) is 1. The number of amides is 1. The first-order chi connectivity index (χ1) is 16.4. The third-order valence-corrected chi connectivity index (χ3v) is 5.96. The van der Waals surface area contributed by atoms with E-state index in [0.717, 1.165) is 18.5 Å². The quantitative estimate of drug-likeness (QED) is 0.380. The fourth-order valence-electron chi connectivity index (χ4n) is 3.89. The smallest absolute Gasteiger partial charge is 0.389 e. The molecule has 2 atom stereocenters. The zero-order valence-electron chi connectivity index (χ0n) is 19.1. The van der Waals surface area contributed by atoms with Gasteiger partial charge < -0.3 is 26.2 Å². The maximum absolute atomic E-state index is 15.2. The van der Waals surface area contributed by atoms with Crippen LogP contribution in [-0.2, 0) is 17.5 Å². The Bertz CT molecular complexity index is 1020. The number of nitrogens with two attached hydrogens (primary N) is 1. The van der Waals surface area contributed by atoms with Crippen molar-refractivity contribution in [3.8, 4) is 0 Å². The summed E-state index contributed by atoms with van der Waals surface area (Å²) in [6, 6.07) is 4.58. The molecule has 2 aromatic rings. The average molecular weight is 500 g/mol. The molecule has 0 saturated carbocycles. The van der Waals surface area contributed by atoms with Crippen molar-refractivity contribution in [1.29, 1.82) is 0 Å². The van der Waals surface area contributed by atoms with E-state index in [1.165, 1.54) is 17.0 Å². The van der Waals surface area contributed by atoms with E-state index in [-0.39, 0.29) is 44.2 Å². The molecule has 1 saturated heterocycles. The van der Waals surface area contributed by atoms with Gasteiger partial charge in [-0.3, -0.25) is 9.69 Å². The average Bonchev–Trinajstić information content (AvgIpc) is 2.79. The number of rotatable bonds is 9. The maximum Gasteiger partial charge on any atom is 0.416 e. The summed E-state index contributed by atoms with van der Waals surface area (Å²) >= 11 is 0. The number of aliphatic hydroxyl groups is 2. The van der Waals surface area contributed by atoms with Crippen LogP contribution in [0.25, 0.3) is 0 Å². The van der Waals surface area contributed by atoms with Gasteiger partial charge >= 0.3 is 6.18 Å². The normalized spacial score (nSPS) is 21.1. The van der Waals surface area contributed by atoms with Crippen LogP contribution in [0, 0.1) is 5.82 Å². The van der Waals surface area contributed by atoms with Crippen LogP contribution in [0.15, 0.2) is 30.6 Å². The summed E-state index contributed by atoms with van der Waals surface area (Å²) in [5, 5.41) is 23.9. The highest BCUT2D eigenvalue weighted by Crippen LogP contribution is 2.30. The van der Waals surface area contributed by atoms with E-state index in [9.17, 15) is 28.2 Å². The molecule has 3 rings (SSSR count). The zero-order chi connectivity index (χ0) is 25.8. The highest BCUT2D eigenvalue weighted by atomic mass is 19.4. The fraction of sp³-hybridized carbons (Fsp3) is 0.500. The lowest BCUT2D eigenvalue weighted by molar-refractivity contribution is -0.137. The minimum Gasteiger partial charge on any atom is -0.389 e. The number of carbonyl (C=O) groups is 1. The SMILES string of the molecule is CCN(Cc1ccc(C(F)(F)F)cc1)c1ncnc(NC[C@@]2(O)CCN(CC(N)=O)C[C@@H]2O)c1F. The summed E-state index contributed by atoms with van der Waals surface area (Å²) in [7, 11) is 0. The van der Waals surface area contributed by atoms with Crippen molar-refractivity contribution in [1.82, 2.24) is 14.9 Å². The monoisotopic (exact) mass is 500 g/mol. The number of piperidine rings is 1. The molecule has 13 heteroatoms. The maximum atomic E-state index is 15.2. The van der Waals surface area contributed by atoms with Gasteiger partial charge in [0, 0.05) is 32.7 Å². The molecule has 9 nitrogen and oxygen atoms in total. The molecule has 1 fully saturated rings. The Labute approximate surface area is 199 Å². The van der Waals surface area contributed by atoms with E-state index >= 15 is 4.39 Å². The van der Waals surface area contributed by atoms with Crippen molar-refractivity contribution in [2.45, 2.75) is 37.8 Å². The Hall–Kier alpha value is -3.03. The van der Waals surface area contributed by atoms with Gasteiger partial charge in [-0.1, -0.05) is 12.1 Å². The third kappa shape index (κ3) is 6.55. The Morgan fingerprint density at radius 1 is 1.31 bits per heavy atom.